The number of ether oxygens (including phenoxy) is 1. The minimum atomic E-state index is -0.687. The van der Waals surface area contributed by atoms with Crippen LogP contribution in [-0.2, 0) is 0 Å². The minimum Gasteiger partial charge on any atom is -0.484 e. The number of hydrogen-bond donors (Lipinski definition) is 0. The third-order valence-corrected chi connectivity index (χ3v) is 4.55. The van der Waals surface area contributed by atoms with Crippen LogP contribution < -0.4 is 4.74 Å². The lowest BCUT2D eigenvalue weighted by Crippen LogP contribution is -2.37. The van der Waals surface area contributed by atoms with Gasteiger partial charge in [0.1, 0.15) is 0 Å². The zero-order valence-corrected chi connectivity index (χ0v) is 11.3. The first-order chi connectivity index (χ1) is 8.58. The summed E-state index contributed by atoms with van der Waals surface area (Å²) in [6, 6.07) is 3.73. The van der Waals surface area contributed by atoms with Crippen molar-refractivity contribution >= 4 is 21.6 Å². The van der Waals surface area contributed by atoms with Gasteiger partial charge in [-0.25, -0.2) is 4.39 Å². The van der Waals surface area contributed by atoms with Gasteiger partial charge in [-0.05, 0) is 18.9 Å². The zero-order chi connectivity index (χ0) is 13.2. The van der Waals surface area contributed by atoms with Gasteiger partial charge in [0.25, 0.3) is 0 Å². The van der Waals surface area contributed by atoms with Crippen molar-refractivity contribution in [3.8, 4) is 5.75 Å². The standard InChI is InChI=1S/C12H13BrFNO3/c13-7-12(5-2-6-12)8-18-11-9(14)3-1-4-10(11)15(16)17/h1,3-4H,2,5-8H2. The Bertz CT molecular complexity index is 457. The van der Waals surface area contributed by atoms with Gasteiger partial charge in [-0.1, -0.05) is 28.4 Å². The molecule has 0 aromatic heterocycles. The molecule has 0 bridgehead atoms. The maximum atomic E-state index is 13.6. The first-order valence-electron chi connectivity index (χ1n) is 5.70. The van der Waals surface area contributed by atoms with Crippen molar-refractivity contribution < 1.29 is 14.1 Å². The van der Waals surface area contributed by atoms with Gasteiger partial charge in [0.2, 0.25) is 5.75 Å². The average Bonchev–Trinajstić information content (AvgIpc) is 2.29. The molecule has 0 radical (unpaired) electrons. The number of hydrogen-bond acceptors (Lipinski definition) is 3. The van der Waals surface area contributed by atoms with Crippen LogP contribution in [-0.4, -0.2) is 16.9 Å². The van der Waals surface area contributed by atoms with E-state index < -0.39 is 10.7 Å². The Hall–Kier alpha value is -1.17. The molecule has 4 nitrogen and oxygen atoms in total. The first kappa shape index (κ1) is 13.3. The van der Waals surface area contributed by atoms with Crippen molar-refractivity contribution in [1.29, 1.82) is 0 Å². The molecule has 1 aromatic carbocycles. The largest absolute Gasteiger partial charge is 0.484 e. The minimum absolute atomic E-state index is 0.00382. The van der Waals surface area contributed by atoms with Crippen LogP contribution >= 0.6 is 15.9 Å². The smallest absolute Gasteiger partial charge is 0.314 e. The maximum absolute atomic E-state index is 13.6. The van der Waals surface area contributed by atoms with Gasteiger partial charge in [-0.15, -0.1) is 0 Å². The van der Waals surface area contributed by atoms with Crippen LogP contribution in [0.15, 0.2) is 18.2 Å². The van der Waals surface area contributed by atoms with E-state index in [9.17, 15) is 14.5 Å². The van der Waals surface area contributed by atoms with E-state index in [1.807, 2.05) is 0 Å². The molecular formula is C12H13BrFNO3. The van der Waals surface area contributed by atoms with Crippen molar-refractivity contribution in [2.24, 2.45) is 5.41 Å². The average molecular weight is 318 g/mol. The van der Waals surface area contributed by atoms with Gasteiger partial charge in [0.15, 0.2) is 5.82 Å². The predicted octanol–water partition coefficient (Wildman–Crippen LogP) is 3.68. The molecule has 1 aliphatic rings. The quantitative estimate of drug-likeness (QED) is 0.473. The number of nitro groups is 1. The Morgan fingerprint density at radius 1 is 1.50 bits per heavy atom. The monoisotopic (exact) mass is 317 g/mol. The molecule has 98 valence electrons. The molecule has 0 amide bonds. The molecule has 6 heteroatoms. The lowest BCUT2D eigenvalue weighted by atomic mass is 9.71. The Morgan fingerprint density at radius 2 is 2.22 bits per heavy atom. The second kappa shape index (κ2) is 5.22. The molecule has 1 fully saturated rings. The highest BCUT2D eigenvalue weighted by Crippen LogP contribution is 2.43. The summed E-state index contributed by atoms with van der Waals surface area (Å²) in [4.78, 5) is 10.2. The van der Waals surface area contributed by atoms with E-state index >= 15 is 0 Å². The summed E-state index contributed by atoms with van der Waals surface area (Å²) in [6.45, 7) is 0.306. The van der Waals surface area contributed by atoms with Crippen LogP contribution in [0.5, 0.6) is 5.75 Å². The van der Waals surface area contributed by atoms with Gasteiger partial charge in [0.05, 0.1) is 11.5 Å². The molecule has 2 rings (SSSR count). The summed E-state index contributed by atoms with van der Waals surface area (Å²) in [5, 5.41) is 11.6. The summed E-state index contributed by atoms with van der Waals surface area (Å²) in [5.74, 6) is -0.942. The second-order valence-electron chi connectivity index (χ2n) is 4.62. The maximum Gasteiger partial charge on any atom is 0.314 e. The van der Waals surface area contributed by atoms with Gasteiger partial charge >= 0.3 is 5.69 Å². The van der Waals surface area contributed by atoms with Crippen LogP contribution in [0.25, 0.3) is 0 Å². The molecule has 1 saturated carbocycles. The third-order valence-electron chi connectivity index (χ3n) is 3.36. The van der Waals surface area contributed by atoms with Gasteiger partial charge < -0.3 is 4.74 Å². The Balaban J connectivity index is 2.15. The first-order valence-corrected chi connectivity index (χ1v) is 6.82. The van der Waals surface area contributed by atoms with E-state index in [2.05, 4.69) is 15.9 Å². The molecule has 0 atom stereocenters. The molecule has 0 spiro atoms. The van der Waals surface area contributed by atoms with Crippen molar-refractivity contribution in [3.63, 3.8) is 0 Å². The predicted molar refractivity (Wildman–Crippen MR) is 68.6 cm³/mol. The number of halogens is 2. The Labute approximate surface area is 112 Å². The van der Waals surface area contributed by atoms with Crippen molar-refractivity contribution in [2.45, 2.75) is 19.3 Å². The summed E-state index contributed by atoms with van der Waals surface area (Å²) >= 11 is 3.42. The number of para-hydroxylation sites is 1. The third kappa shape index (κ3) is 2.48. The topological polar surface area (TPSA) is 52.4 Å². The highest BCUT2D eigenvalue weighted by atomic mass is 79.9. The SMILES string of the molecule is O=[N+]([O-])c1cccc(F)c1OCC1(CBr)CCC1. The van der Waals surface area contributed by atoms with Crippen LogP contribution in [0.4, 0.5) is 10.1 Å². The molecule has 0 N–H and O–H groups in total. The fraction of sp³-hybridized carbons (Fsp3) is 0.500. The van der Waals surface area contributed by atoms with Crippen LogP contribution in [0.2, 0.25) is 0 Å². The molecule has 0 heterocycles. The van der Waals surface area contributed by atoms with Crippen LogP contribution in [0, 0.1) is 21.3 Å². The van der Waals surface area contributed by atoms with E-state index in [1.165, 1.54) is 18.2 Å². The van der Waals surface area contributed by atoms with E-state index in [4.69, 9.17) is 4.74 Å². The summed E-state index contributed by atoms with van der Waals surface area (Å²) < 4.78 is 19.0. The lowest BCUT2D eigenvalue weighted by molar-refractivity contribution is -0.386. The lowest BCUT2D eigenvalue weighted by Gasteiger charge is -2.39. The molecular weight excluding hydrogens is 305 g/mol. The second-order valence-corrected chi connectivity index (χ2v) is 5.18. The zero-order valence-electron chi connectivity index (χ0n) is 9.70. The van der Waals surface area contributed by atoms with Crippen LogP contribution in [0.1, 0.15) is 19.3 Å². The molecule has 1 aliphatic carbocycles. The van der Waals surface area contributed by atoms with Crippen molar-refractivity contribution in [1.82, 2.24) is 0 Å². The van der Waals surface area contributed by atoms with Gasteiger partial charge in [0, 0.05) is 16.8 Å². The Morgan fingerprint density at radius 3 is 2.72 bits per heavy atom. The number of nitrogens with zero attached hydrogens (tertiary/aromatic N) is 1. The van der Waals surface area contributed by atoms with Crippen molar-refractivity contribution in [3.05, 3.63) is 34.1 Å². The molecule has 0 aliphatic heterocycles. The normalized spacial score (nSPS) is 17.0. The van der Waals surface area contributed by atoms with E-state index in [-0.39, 0.29) is 16.9 Å². The van der Waals surface area contributed by atoms with Gasteiger partial charge in [-0.2, -0.15) is 0 Å². The summed E-state index contributed by atoms with van der Waals surface area (Å²) in [7, 11) is 0. The van der Waals surface area contributed by atoms with Crippen LogP contribution in [0.3, 0.4) is 0 Å². The number of rotatable bonds is 5. The molecule has 18 heavy (non-hydrogen) atoms. The number of alkyl halides is 1. The van der Waals surface area contributed by atoms with Crippen molar-refractivity contribution in [2.75, 3.05) is 11.9 Å². The van der Waals surface area contributed by atoms with Gasteiger partial charge in [-0.3, -0.25) is 10.1 Å². The van der Waals surface area contributed by atoms with E-state index in [0.717, 1.165) is 24.6 Å². The summed E-state index contributed by atoms with van der Waals surface area (Å²) in [5.41, 5.74) is -0.324. The fourth-order valence-corrected chi connectivity index (χ4v) is 2.73. The highest BCUT2D eigenvalue weighted by Gasteiger charge is 2.37. The number of benzene rings is 1. The van der Waals surface area contributed by atoms with E-state index in [0.29, 0.717) is 6.61 Å². The molecule has 0 unspecified atom stereocenters. The highest BCUT2D eigenvalue weighted by molar-refractivity contribution is 9.09. The fourth-order valence-electron chi connectivity index (χ4n) is 2.00. The number of nitro benzene ring substituents is 1. The molecule has 0 saturated heterocycles. The Kier molecular flexibility index (Phi) is 3.85. The molecule has 1 aromatic rings. The summed E-state index contributed by atoms with van der Waals surface area (Å²) in [6.07, 6.45) is 3.12. The van der Waals surface area contributed by atoms with E-state index in [1.54, 1.807) is 0 Å².